The van der Waals surface area contributed by atoms with Crippen LogP contribution in [0.2, 0.25) is 0 Å². The zero-order valence-corrected chi connectivity index (χ0v) is 17.7. The number of nitrogens with zero attached hydrogens (tertiary/aromatic N) is 1. The number of amides is 2. The number of carbonyl (C=O) groups is 2. The lowest BCUT2D eigenvalue weighted by Crippen LogP contribution is -2.32. The third-order valence-corrected chi connectivity index (χ3v) is 4.86. The molecule has 1 aromatic heterocycles. The molecule has 2 N–H and O–H groups in total. The fourth-order valence-corrected chi connectivity index (χ4v) is 2.98. The summed E-state index contributed by atoms with van der Waals surface area (Å²) in [5.74, 6) is 0.0519. The van der Waals surface area contributed by atoms with Crippen molar-refractivity contribution in [1.29, 1.82) is 0 Å². The molecule has 1 heterocycles. The molecule has 1 atom stereocenters. The minimum absolute atomic E-state index is 0.0540. The standard InChI is InChI=1S/C23H31N3O2/c1-7-16(6)25-23(28)20-13-17(11-12-24-20)22(27)26-21-18(14(2)3)9-8-10-19(21)15(4)5/h8-16H,7H2,1-6H3,(H,25,28)(H,26,27). The van der Waals surface area contributed by atoms with Crippen LogP contribution >= 0.6 is 0 Å². The first-order valence-electron chi connectivity index (χ1n) is 9.95. The van der Waals surface area contributed by atoms with Crippen LogP contribution in [0.1, 0.15) is 91.8 Å². The third-order valence-electron chi connectivity index (χ3n) is 4.86. The van der Waals surface area contributed by atoms with Crippen molar-refractivity contribution in [2.75, 3.05) is 5.32 Å². The van der Waals surface area contributed by atoms with E-state index >= 15 is 0 Å². The van der Waals surface area contributed by atoms with Gasteiger partial charge in [0.1, 0.15) is 5.69 Å². The van der Waals surface area contributed by atoms with Crippen LogP contribution in [0.4, 0.5) is 5.69 Å². The predicted octanol–water partition coefficient (Wildman–Crippen LogP) is 5.11. The highest BCUT2D eigenvalue weighted by Gasteiger charge is 2.18. The number of aromatic nitrogens is 1. The van der Waals surface area contributed by atoms with Crippen LogP contribution in [0.5, 0.6) is 0 Å². The van der Waals surface area contributed by atoms with Crippen LogP contribution in [0.25, 0.3) is 0 Å². The lowest BCUT2D eigenvalue weighted by atomic mass is 9.92. The maximum atomic E-state index is 12.9. The smallest absolute Gasteiger partial charge is 0.270 e. The van der Waals surface area contributed by atoms with Crippen LogP contribution in [-0.2, 0) is 0 Å². The molecule has 0 fully saturated rings. The Morgan fingerprint density at radius 1 is 0.964 bits per heavy atom. The van der Waals surface area contributed by atoms with E-state index in [1.165, 1.54) is 6.20 Å². The van der Waals surface area contributed by atoms with Gasteiger partial charge in [0, 0.05) is 23.5 Å². The van der Waals surface area contributed by atoms with E-state index in [1.54, 1.807) is 12.1 Å². The highest BCUT2D eigenvalue weighted by atomic mass is 16.2. The number of hydrogen-bond donors (Lipinski definition) is 2. The maximum absolute atomic E-state index is 12.9. The molecule has 0 saturated carbocycles. The zero-order chi connectivity index (χ0) is 20.8. The highest BCUT2D eigenvalue weighted by molar-refractivity contribution is 6.06. The van der Waals surface area contributed by atoms with Crippen molar-refractivity contribution in [3.8, 4) is 0 Å². The first-order chi connectivity index (χ1) is 13.2. The Morgan fingerprint density at radius 3 is 2.11 bits per heavy atom. The number of nitrogens with one attached hydrogen (secondary N) is 2. The summed E-state index contributed by atoms with van der Waals surface area (Å²) < 4.78 is 0. The number of benzene rings is 1. The second-order valence-electron chi connectivity index (χ2n) is 7.79. The Labute approximate surface area is 168 Å². The van der Waals surface area contributed by atoms with Crippen LogP contribution in [0.3, 0.4) is 0 Å². The van der Waals surface area contributed by atoms with Crippen LogP contribution in [-0.4, -0.2) is 22.8 Å². The van der Waals surface area contributed by atoms with E-state index in [1.807, 2.05) is 32.0 Å². The van der Waals surface area contributed by atoms with Gasteiger partial charge in [-0.3, -0.25) is 14.6 Å². The van der Waals surface area contributed by atoms with Crippen molar-refractivity contribution in [3.05, 3.63) is 58.9 Å². The van der Waals surface area contributed by atoms with E-state index in [9.17, 15) is 9.59 Å². The van der Waals surface area contributed by atoms with E-state index < -0.39 is 0 Å². The van der Waals surface area contributed by atoms with E-state index in [-0.39, 0.29) is 35.4 Å². The topological polar surface area (TPSA) is 71.1 Å². The van der Waals surface area contributed by atoms with E-state index in [0.29, 0.717) is 5.56 Å². The monoisotopic (exact) mass is 381 g/mol. The Bertz CT molecular complexity index is 817. The molecule has 2 rings (SSSR count). The number of hydrogen-bond acceptors (Lipinski definition) is 3. The van der Waals surface area contributed by atoms with Crippen molar-refractivity contribution in [2.24, 2.45) is 0 Å². The van der Waals surface area contributed by atoms with Crippen molar-refractivity contribution in [3.63, 3.8) is 0 Å². The summed E-state index contributed by atoms with van der Waals surface area (Å²) in [6, 6.07) is 9.35. The van der Waals surface area contributed by atoms with Gasteiger partial charge in [-0.25, -0.2) is 0 Å². The van der Waals surface area contributed by atoms with Gasteiger partial charge in [-0.2, -0.15) is 0 Å². The van der Waals surface area contributed by atoms with Gasteiger partial charge >= 0.3 is 0 Å². The second kappa shape index (κ2) is 9.49. The quantitative estimate of drug-likeness (QED) is 0.700. The number of carbonyl (C=O) groups excluding carboxylic acids is 2. The number of anilines is 1. The van der Waals surface area contributed by atoms with E-state index in [4.69, 9.17) is 0 Å². The molecule has 0 aliphatic carbocycles. The molecule has 150 valence electrons. The van der Waals surface area contributed by atoms with Crippen molar-refractivity contribution in [2.45, 2.75) is 65.8 Å². The lowest BCUT2D eigenvalue weighted by molar-refractivity contribution is 0.0934. The second-order valence-corrected chi connectivity index (χ2v) is 7.79. The summed E-state index contributed by atoms with van der Waals surface area (Å²) in [5, 5.41) is 5.95. The fraction of sp³-hybridized carbons (Fsp3) is 0.435. The Morgan fingerprint density at radius 2 is 1.57 bits per heavy atom. The van der Waals surface area contributed by atoms with Gasteiger partial charge in [-0.1, -0.05) is 52.8 Å². The largest absolute Gasteiger partial charge is 0.348 e. The number of para-hydroxylation sites is 1. The van der Waals surface area contributed by atoms with Gasteiger partial charge in [0.2, 0.25) is 0 Å². The fourth-order valence-electron chi connectivity index (χ4n) is 2.98. The highest BCUT2D eigenvalue weighted by Crippen LogP contribution is 2.32. The van der Waals surface area contributed by atoms with Crippen molar-refractivity contribution < 1.29 is 9.59 Å². The summed E-state index contributed by atoms with van der Waals surface area (Å²) >= 11 is 0. The zero-order valence-electron chi connectivity index (χ0n) is 17.7. The molecule has 28 heavy (non-hydrogen) atoms. The summed E-state index contributed by atoms with van der Waals surface area (Å²) in [7, 11) is 0. The minimum Gasteiger partial charge on any atom is -0.348 e. The van der Waals surface area contributed by atoms with Crippen LogP contribution in [0.15, 0.2) is 36.5 Å². The molecule has 0 aliphatic heterocycles. The molecule has 0 aliphatic rings. The van der Waals surface area contributed by atoms with E-state index in [0.717, 1.165) is 23.2 Å². The van der Waals surface area contributed by atoms with Crippen LogP contribution < -0.4 is 10.6 Å². The van der Waals surface area contributed by atoms with Crippen molar-refractivity contribution in [1.82, 2.24) is 10.3 Å². The molecule has 0 spiro atoms. The summed E-state index contributed by atoms with van der Waals surface area (Å²) in [5.41, 5.74) is 3.72. The molecule has 0 saturated heterocycles. The average molecular weight is 382 g/mol. The Kier molecular flexibility index (Phi) is 7.32. The Hall–Kier alpha value is -2.69. The average Bonchev–Trinajstić information content (AvgIpc) is 2.67. The molecule has 2 aromatic rings. The lowest BCUT2D eigenvalue weighted by Gasteiger charge is -2.20. The first-order valence-corrected chi connectivity index (χ1v) is 9.95. The first kappa shape index (κ1) is 21.6. The van der Waals surface area contributed by atoms with Crippen molar-refractivity contribution >= 4 is 17.5 Å². The third kappa shape index (κ3) is 5.18. The van der Waals surface area contributed by atoms with Gasteiger partial charge in [-0.15, -0.1) is 0 Å². The molecule has 0 radical (unpaired) electrons. The number of rotatable bonds is 7. The van der Waals surface area contributed by atoms with Gasteiger partial charge < -0.3 is 10.6 Å². The van der Waals surface area contributed by atoms with Gasteiger partial charge in [0.05, 0.1) is 0 Å². The van der Waals surface area contributed by atoms with E-state index in [2.05, 4.69) is 43.3 Å². The molecule has 2 amide bonds. The summed E-state index contributed by atoms with van der Waals surface area (Å²) in [4.78, 5) is 29.4. The number of pyridine rings is 1. The SMILES string of the molecule is CCC(C)NC(=O)c1cc(C(=O)Nc2c(C(C)C)cccc2C(C)C)ccn1. The molecular weight excluding hydrogens is 350 g/mol. The van der Waals surface area contributed by atoms with Crippen LogP contribution in [0, 0.1) is 0 Å². The minimum atomic E-state index is -0.269. The Balaban J connectivity index is 2.31. The molecule has 5 nitrogen and oxygen atoms in total. The summed E-state index contributed by atoms with van der Waals surface area (Å²) in [6.07, 6.45) is 2.33. The molecular formula is C23H31N3O2. The van der Waals surface area contributed by atoms with Gasteiger partial charge in [0.15, 0.2) is 0 Å². The molecule has 0 bridgehead atoms. The summed E-state index contributed by atoms with van der Waals surface area (Å²) in [6.45, 7) is 12.4. The predicted molar refractivity (Wildman–Crippen MR) is 114 cm³/mol. The van der Waals surface area contributed by atoms with Gasteiger partial charge in [0.25, 0.3) is 11.8 Å². The molecule has 1 aromatic carbocycles. The molecule has 1 unspecified atom stereocenters. The normalized spacial score (nSPS) is 12.1. The maximum Gasteiger partial charge on any atom is 0.270 e. The molecule has 5 heteroatoms. The van der Waals surface area contributed by atoms with Gasteiger partial charge in [-0.05, 0) is 48.4 Å².